The summed E-state index contributed by atoms with van der Waals surface area (Å²) in [5.74, 6) is 0.870. The van der Waals surface area contributed by atoms with Crippen LogP contribution in [0.15, 0.2) is 24.4 Å². The second-order valence-corrected chi connectivity index (χ2v) is 5.05. The number of fused-ring (bicyclic) bond motifs is 3. The summed E-state index contributed by atoms with van der Waals surface area (Å²) in [6.07, 6.45) is 2.01. The highest BCUT2D eigenvalue weighted by Gasteiger charge is 2.11. The molecule has 0 spiro atoms. The maximum absolute atomic E-state index is 5.84. The molecule has 0 saturated carbocycles. The number of thiazole rings is 1. The second-order valence-electron chi connectivity index (χ2n) is 4.04. The molecule has 0 fully saturated rings. The Morgan fingerprint density at radius 1 is 1.44 bits per heavy atom. The van der Waals surface area contributed by atoms with E-state index >= 15 is 0 Å². The molecule has 0 aliphatic heterocycles. The van der Waals surface area contributed by atoms with Crippen LogP contribution >= 0.6 is 23.7 Å². The first-order valence-electron chi connectivity index (χ1n) is 5.40. The lowest BCUT2D eigenvalue weighted by Gasteiger charge is -1.99. The van der Waals surface area contributed by atoms with Crippen molar-refractivity contribution >= 4 is 38.9 Å². The second kappa shape index (κ2) is 4.76. The van der Waals surface area contributed by atoms with E-state index in [1.807, 2.05) is 31.3 Å². The van der Waals surface area contributed by atoms with E-state index in [-0.39, 0.29) is 18.4 Å². The molecule has 2 aromatic heterocycles. The highest BCUT2D eigenvalue weighted by Crippen LogP contribution is 2.30. The van der Waals surface area contributed by atoms with Gasteiger partial charge in [0, 0.05) is 12.2 Å². The summed E-state index contributed by atoms with van der Waals surface area (Å²) in [5.41, 5.74) is 7.90. The van der Waals surface area contributed by atoms with E-state index in [1.54, 1.807) is 18.4 Å². The minimum Gasteiger partial charge on any atom is -0.497 e. The molecule has 0 amide bonds. The number of benzene rings is 1. The maximum atomic E-state index is 5.84. The number of nitrogens with zero attached hydrogens (tertiary/aromatic N) is 2. The van der Waals surface area contributed by atoms with Gasteiger partial charge in [0.15, 0.2) is 4.96 Å². The summed E-state index contributed by atoms with van der Waals surface area (Å²) >= 11 is 1.65. The molecule has 4 nitrogen and oxygen atoms in total. The van der Waals surface area contributed by atoms with Gasteiger partial charge < -0.3 is 10.5 Å². The van der Waals surface area contributed by atoms with E-state index in [2.05, 4.69) is 9.38 Å². The van der Waals surface area contributed by atoms with Gasteiger partial charge in [0.2, 0.25) is 0 Å². The molecule has 2 heterocycles. The van der Waals surface area contributed by atoms with E-state index < -0.39 is 0 Å². The zero-order valence-corrected chi connectivity index (χ0v) is 11.7. The Bertz CT molecular complexity index is 689. The van der Waals surface area contributed by atoms with Gasteiger partial charge in [0.1, 0.15) is 5.75 Å². The Balaban J connectivity index is 0.00000120. The number of ether oxygens (including phenoxy) is 1. The van der Waals surface area contributed by atoms with E-state index in [9.17, 15) is 0 Å². The van der Waals surface area contributed by atoms with Gasteiger partial charge in [-0.2, -0.15) is 0 Å². The van der Waals surface area contributed by atoms with E-state index in [0.717, 1.165) is 21.9 Å². The van der Waals surface area contributed by atoms with Crippen molar-refractivity contribution in [3.05, 3.63) is 30.1 Å². The molecule has 0 aliphatic rings. The van der Waals surface area contributed by atoms with Gasteiger partial charge in [-0.15, -0.1) is 12.4 Å². The third kappa shape index (κ3) is 1.94. The quantitative estimate of drug-likeness (QED) is 0.786. The highest BCUT2D eigenvalue weighted by molar-refractivity contribution is 7.23. The first kappa shape index (κ1) is 13.1. The van der Waals surface area contributed by atoms with Gasteiger partial charge in [-0.05, 0) is 25.1 Å². The van der Waals surface area contributed by atoms with Crippen molar-refractivity contribution in [2.24, 2.45) is 5.73 Å². The fourth-order valence-electron chi connectivity index (χ4n) is 1.85. The molecule has 3 rings (SSSR count). The summed E-state index contributed by atoms with van der Waals surface area (Å²) in [4.78, 5) is 5.49. The number of methoxy groups -OCH3 is 1. The Kier molecular flexibility index (Phi) is 3.47. The van der Waals surface area contributed by atoms with Gasteiger partial charge in [-0.1, -0.05) is 11.3 Å². The number of rotatable bonds is 2. The van der Waals surface area contributed by atoms with Crippen molar-refractivity contribution in [2.45, 2.75) is 13.0 Å². The molecular formula is C12H14ClN3OS. The number of halogens is 1. The Labute approximate surface area is 115 Å². The number of imidazole rings is 1. The van der Waals surface area contributed by atoms with Crippen molar-refractivity contribution in [1.29, 1.82) is 0 Å². The Hall–Kier alpha value is -1.30. The SMILES string of the molecule is COc1ccc2c(c1)sc1nc(C(C)N)cn12.Cl. The standard InChI is InChI=1S/C12H13N3OS.ClH/c1-7(13)9-6-15-10-4-3-8(16-2)5-11(10)17-12(15)14-9;/h3-7H,13H2,1-2H3;1H. The van der Waals surface area contributed by atoms with E-state index in [4.69, 9.17) is 10.5 Å². The van der Waals surface area contributed by atoms with Gasteiger partial charge >= 0.3 is 0 Å². The number of nitrogens with two attached hydrogens (primary N) is 1. The molecule has 6 heteroatoms. The fraction of sp³-hybridized carbons (Fsp3) is 0.250. The zero-order chi connectivity index (χ0) is 12.0. The third-order valence-electron chi connectivity index (χ3n) is 2.79. The average Bonchev–Trinajstić information content (AvgIpc) is 2.84. The third-order valence-corrected chi connectivity index (χ3v) is 3.80. The average molecular weight is 284 g/mol. The molecular weight excluding hydrogens is 270 g/mol. The van der Waals surface area contributed by atoms with Gasteiger partial charge in [-0.25, -0.2) is 4.98 Å². The van der Waals surface area contributed by atoms with Crippen LogP contribution in [0, 0.1) is 0 Å². The lowest BCUT2D eigenvalue weighted by atomic mass is 10.3. The molecule has 18 heavy (non-hydrogen) atoms. The topological polar surface area (TPSA) is 52.5 Å². The van der Waals surface area contributed by atoms with Crippen LogP contribution in [0.2, 0.25) is 0 Å². The summed E-state index contributed by atoms with van der Waals surface area (Å²) < 4.78 is 8.46. The summed E-state index contributed by atoms with van der Waals surface area (Å²) in [7, 11) is 1.67. The van der Waals surface area contributed by atoms with Crippen LogP contribution in [0.3, 0.4) is 0 Å². The molecule has 0 bridgehead atoms. The lowest BCUT2D eigenvalue weighted by Crippen LogP contribution is -2.04. The molecule has 0 radical (unpaired) electrons. The van der Waals surface area contributed by atoms with Crippen molar-refractivity contribution < 1.29 is 4.74 Å². The summed E-state index contributed by atoms with van der Waals surface area (Å²) in [5, 5.41) is 0. The van der Waals surface area contributed by atoms with Crippen LogP contribution in [0.25, 0.3) is 15.2 Å². The van der Waals surface area contributed by atoms with Crippen LogP contribution in [-0.2, 0) is 0 Å². The Morgan fingerprint density at radius 2 is 2.22 bits per heavy atom. The van der Waals surface area contributed by atoms with Gasteiger partial charge in [0.05, 0.1) is 23.0 Å². The number of aromatic nitrogens is 2. The largest absolute Gasteiger partial charge is 0.497 e. The Morgan fingerprint density at radius 3 is 2.89 bits per heavy atom. The predicted molar refractivity (Wildman–Crippen MR) is 77.0 cm³/mol. The van der Waals surface area contributed by atoms with Gasteiger partial charge in [-0.3, -0.25) is 4.40 Å². The molecule has 0 saturated heterocycles. The van der Waals surface area contributed by atoms with Crippen molar-refractivity contribution in [1.82, 2.24) is 9.38 Å². The molecule has 1 aromatic carbocycles. The first-order chi connectivity index (χ1) is 8.19. The van der Waals surface area contributed by atoms with Crippen LogP contribution in [0.5, 0.6) is 5.75 Å². The van der Waals surface area contributed by atoms with Crippen LogP contribution in [0.4, 0.5) is 0 Å². The smallest absolute Gasteiger partial charge is 0.195 e. The number of hydrogen-bond acceptors (Lipinski definition) is 4. The summed E-state index contributed by atoms with van der Waals surface area (Å²) in [6, 6.07) is 6.00. The predicted octanol–water partition coefficient (Wildman–Crippen LogP) is 3.00. The minimum absolute atomic E-state index is 0. The minimum atomic E-state index is -0.0320. The fourth-order valence-corrected chi connectivity index (χ4v) is 2.89. The lowest BCUT2D eigenvalue weighted by molar-refractivity contribution is 0.415. The highest BCUT2D eigenvalue weighted by atomic mass is 35.5. The normalized spacial score (nSPS) is 12.6. The van der Waals surface area contributed by atoms with Crippen molar-refractivity contribution in [3.8, 4) is 5.75 Å². The van der Waals surface area contributed by atoms with Crippen molar-refractivity contribution in [2.75, 3.05) is 7.11 Å². The van der Waals surface area contributed by atoms with Gasteiger partial charge in [0.25, 0.3) is 0 Å². The molecule has 1 unspecified atom stereocenters. The van der Waals surface area contributed by atoms with E-state index in [1.165, 1.54) is 4.70 Å². The monoisotopic (exact) mass is 283 g/mol. The molecule has 3 aromatic rings. The molecule has 2 N–H and O–H groups in total. The zero-order valence-electron chi connectivity index (χ0n) is 10.1. The first-order valence-corrected chi connectivity index (χ1v) is 6.22. The van der Waals surface area contributed by atoms with Crippen LogP contribution in [0.1, 0.15) is 18.7 Å². The van der Waals surface area contributed by atoms with Crippen molar-refractivity contribution in [3.63, 3.8) is 0 Å². The maximum Gasteiger partial charge on any atom is 0.195 e. The number of hydrogen-bond donors (Lipinski definition) is 1. The van der Waals surface area contributed by atoms with Crippen LogP contribution in [-0.4, -0.2) is 16.5 Å². The molecule has 96 valence electrons. The molecule has 1 atom stereocenters. The molecule has 0 aliphatic carbocycles. The van der Waals surface area contributed by atoms with E-state index in [0.29, 0.717) is 0 Å². The summed E-state index contributed by atoms with van der Waals surface area (Å²) in [6.45, 7) is 1.94. The van der Waals surface area contributed by atoms with Crippen LogP contribution < -0.4 is 10.5 Å².